The molecule has 0 atom stereocenters. The topological polar surface area (TPSA) is 106 Å². The molecule has 3 rings (SSSR count). The Morgan fingerprint density at radius 1 is 1.14 bits per heavy atom. The van der Waals surface area contributed by atoms with Gasteiger partial charge in [-0.15, -0.1) is 0 Å². The minimum absolute atomic E-state index is 0.135. The van der Waals surface area contributed by atoms with Crippen molar-refractivity contribution < 1.29 is 18.8 Å². The molecule has 9 heteroatoms. The molecule has 8 nitrogen and oxygen atoms in total. The molecule has 29 heavy (non-hydrogen) atoms. The molecular formula is C20H19ClN4O4. The van der Waals surface area contributed by atoms with Gasteiger partial charge in [-0.05, 0) is 42.5 Å². The Labute approximate surface area is 172 Å². The largest absolute Gasteiger partial charge is 0.495 e. The van der Waals surface area contributed by atoms with E-state index in [1.165, 1.54) is 14.0 Å². The van der Waals surface area contributed by atoms with Crippen LogP contribution in [0.3, 0.4) is 0 Å². The van der Waals surface area contributed by atoms with Gasteiger partial charge in [0.05, 0.1) is 12.8 Å². The zero-order chi connectivity index (χ0) is 20.8. The molecule has 1 aromatic heterocycles. The Morgan fingerprint density at radius 2 is 1.90 bits per heavy atom. The number of methoxy groups -OCH3 is 1. The van der Waals surface area contributed by atoms with E-state index in [0.29, 0.717) is 33.9 Å². The number of ether oxygens (including phenoxy) is 1. The average molecular weight is 415 g/mol. The van der Waals surface area contributed by atoms with Gasteiger partial charge in [0.1, 0.15) is 5.75 Å². The van der Waals surface area contributed by atoms with E-state index in [9.17, 15) is 9.59 Å². The quantitative estimate of drug-likeness (QED) is 0.606. The molecule has 0 spiro atoms. The van der Waals surface area contributed by atoms with Crippen LogP contribution in [-0.4, -0.2) is 29.1 Å². The van der Waals surface area contributed by atoms with E-state index in [-0.39, 0.29) is 24.7 Å². The average Bonchev–Trinajstić information content (AvgIpc) is 3.16. The minimum Gasteiger partial charge on any atom is -0.495 e. The van der Waals surface area contributed by atoms with E-state index in [2.05, 4.69) is 20.8 Å². The van der Waals surface area contributed by atoms with Crippen LogP contribution in [0.4, 0.5) is 11.4 Å². The lowest BCUT2D eigenvalue weighted by Crippen LogP contribution is -2.14. The monoisotopic (exact) mass is 414 g/mol. The number of aromatic nitrogens is 2. The van der Waals surface area contributed by atoms with E-state index in [1.54, 1.807) is 42.5 Å². The molecule has 1 heterocycles. The molecule has 2 N–H and O–H groups in total. The second kappa shape index (κ2) is 9.20. The number of carbonyl (C=O) groups is 2. The number of benzene rings is 2. The predicted molar refractivity (Wildman–Crippen MR) is 109 cm³/mol. The van der Waals surface area contributed by atoms with Crippen molar-refractivity contribution in [3.05, 3.63) is 53.4 Å². The molecule has 0 aliphatic rings. The van der Waals surface area contributed by atoms with Crippen LogP contribution in [0.15, 0.2) is 47.0 Å². The highest BCUT2D eigenvalue weighted by Crippen LogP contribution is 2.28. The van der Waals surface area contributed by atoms with Gasteiger partial charge in [-0.1, -0.05) is 16.8 Å². The number of nitrogens with one attached hydrogen (secondary N) is 2. The maximum atomic E-state index is 12.3. The van der Waals surface area contributed by atoms with Gasteiger partial charge in [0.2, 0.25) is 23.5 Å². The number of carbonyl (C=O) groups excluding carboxylic acids is 2. The molecule has 0 saturated carbocycles. The number of nitrogens with zero attached hydrogens (tertiary/aromatic N) is 2. The summed E-state index contributed by atoms with van der Waals surface area (Å²) >= 11 is 5.87. The summed E-state index contributed by atoms with van der Waals surface area (Å²) in [6.45, 7) is 1.41. The van der Waals surface area contributed by atoms with E-state index >= 15 is 0 Å². The van der Waals surface area contributed by atoms with Gasteiger partial charge in [-0.3, -0.25) is 9.59 Å². The number of hydrogen-bond donors (Lipinski definition) is 2. The summed E-state index contributed by atoms with van der Waals surface area (Å²) in [5, 5.41) is 9.97. The van der Waals surface area contributed by atoms with E-state index < -0.39 is 0 Å². The molecule has 150 valence electrons. The molecule has 0 aliphatic heterocycles. The Balaban J connectivity index is 1.61. The SMILES string of the molecule is COc1ccc(NC(C)=O)cc1NC(=O)CCc1nc(-c2ccc(Cl)cc2)no1. The summed E-state index contributed by atoms with van der Waals surface area (Å²) in [6.07, 6.45) is 0.413. The second-order valence-electron chi connectivity index (χ2n) is 6.16. The third kappa shape index (κ3) is 5.55. The number of aryl methyl sites for hydroxylation is 1. The van der Waals surface area contributed by atoms with Crippen molar-refractivity contribution in [1.29, 1.82) is 0 Å². The predicted octanol–water partition coefficient (Wildman–Crippen LogP) is 3.93. The highest BCUT2D eigenvalue weighted by Gasteiger charge is 2.13. The maximum Gasteiger partial charge on any atom is 0.227 e. The second-order valence-corrected chi connectivity index (χ2v) is 6.60. The van der Waals surface area contributed by atoms with Crippen LogP contribution in [0.1, 0.15) is 19.2 Å². The summed E-state index contributed by atoms with van der Waals surface area (Å²) in [6, 6.07) is 12.0. The molecule has 0 bridgehead atoms. The molecule has 0 radical (unpaired) electrons. The first kappa shape index (κ1) is 20.3. The number of amides is 2. The Hall–Kier alpha value is -3.39. The van der Waals surface area contributed by atoms with Crippen molar-refractivity contribution in [2.24, 2.45) is 0 Å². The lowest BCUT2D eigenvalue weighted by atomic mass is 10.2. The molecule has 2 amide bonds. The van der Waals surface area contributed by atoms with Crippen LogP contribution < -0.4 is 15.4 Å². The van der Waals surface area contributed by atoms with Crippen LogP contribution in [0.5, 0.6) is 5.75 Å². The fraction of sp³-hybridized carbons (Fsp3) is 0.200. The fourth-order valence-corrected chi connectivity index (χ4v) is 2.72. The highest BCUT2D eigenvalue weighted by atomic mass is 35.5. The van der Waals surface area contributed by atoms with Crippen LogP contribution in [0, 0.1) is 0 Å². The van der Waals surface area contributed by atoms with E-state index in [1.807, 2.05) is 0 Å². The zero-order valence-corrected chi connectivity index (χ0v) is 16.6. The van der Waals surface area contributed by atoms with E-state index in [4.69, 9.17) is 20.9 Å². The fourth-order valence-electron chi connectivity index (χ4n) is 2.59. The van der Waals surface area contributed by atoms with Crippen LogP contribution in [0.2, 0.25) is 5.02 Å². The molecule has 0 saturated heterocycles. The number of anilines is 2. The van der Waals surface area contributed by atoms with Crippen molar-refractivity contribution in [2.45, 2.75) is 19.8 Å². The third-order valence-electron chi connectivity index (χ3n) is 3.93. The van der Waals surface area contributed by atoms with Gasteiger partial charge < -0.3 is 19.9 Å². The standard InChI is InChI=1S/C20H19ClN4O4/c1-12(26)22-15-7-8-17(28-2)16(11-15)23-18(27)9-10-19-24-20(25-29-19)13-3-5-14(21)6-4-13/h3-8,11H,9-10H2,1-2H3,(H,22,26)(H,23,27). The number of rotatable bonds is 7. The zero-order valence-electron chi connectivity index (χ0n) is 15.9. The summed E-state index contributed by atoms with van der Waals surface area (Å²) < 4.78 is 10.5. The lowest BCUT2D eigenvalue weighted by Gasteiger charge is -2.12. The van der Waals surface area contributed by atoms with Gasteiger partial charge >= 0.3 is 0 Å². The highest BCUT2D eigenvalue weighted by molar-refractivity contribution is 6.30. The summed E-state index contributed by atoms with van der Waals surface area (Å²) in [4.78, 5) is 27.9. The molecular weight excluding hydrogens is 396 g/mol. The summed E-state index contributed by atoms with van der Waals surface area (Å²) in [7, 11) is 1.50. The normalized spacial score (nSPS) is 10.4. The van der Waals surface area contributed by atoms with Crippen LogP contribution in [0.25, 0.3) is 11.4 Å². The molecule has 0 unspecified atom stereocenters. The smallest absolute Gasteiger partial charge is 0.227 e. The van der Waals surface area contributed by atoms with E-state index in [0.717, 1.165) is 5.56 Å². The number of halogens is 1. The molecule has 0 aliphatic carbocycles. The van der Waals surface area contributed by atoms with Crippen molar-refractivity contribution in [1.82, 2.24) is 10.1 Å². The van der Waals surface area contributed by atoms with Gasteiger partial charge in [0, 0.05) is 36.0 Å². The van der Waals surface area contributed by atoms with Crippen molar-refractivity contribution in [2.75, 3.05) is 17.7 Å². The first-order valence-corrected chi connectivity index (χ1v) is 9.16. The van der Waals surface area contributed by atoms with Gasteiger partial charge in [-0.25, -0.2) is 0 Å². The molecule has 3 aromatic rings. The van der Waals surface area contributed by atoms with Gasteiger partial charge in [0.25, 0.3) is 0 Å². The Morgan fingerprint density at radius 3 is 2.59 bits per heavy atom. The van der Waals surface area contributed by atoms with Crippen LogP contribution >= 0.6 is 11.6 Å². The summed E-state index contributed by atoms with van der Waals surface area (Å²) in [5.74, 6) is 0.802. The van der Waals surface area contributed by atoms with Gasteiger partial charge in [0.15, 0.2) is 0 Å². The third-order valence-corrected chi connectivity index (χ3v) is 4.18. The Bertz CT molecular complexity index is 1020. The first-order valence-electron chi connectivity index (χ1n) is 8.78. The Kier molecular flexibility index (Phi) is 6.46. The van der Waals surface area contributed by atoms with Crippen molar-refractivity contribution in [3.8, 4) is 17.1 Å². The van der Waals surface area contributed by atoms with Crippen molar-refractivity contribution >= 4 is 34.8 Å². The summed E-state index contributed by atoms with van der Waals surface area (Å²) in [5.41, 5.74) is 1.78. The molecule has 0 fully saturated rings. The number of hydrogen-bond acceptors (Lipinski definition) is 6. The van der Waals surface area contributed by atoms with Crippen LogP contribution in [-0.2, 0) is 16.0 Å². The van der Waals surface area contributed by atoms with Gasteiger partial charge in [-0.2, -0.15) is 4.98 Å². The molecule has 2 aromatic carbocycles. The minimum atomic E-state index is -0.255. The maximum absolute atomic E-state index is 12.3. The first-order chi connectivity index (χ1) is 13.9. The lowest BCUT2D eigenvalue weighted by molar-refractivity contribution is -0.116. The van der Waals surface area contributed by atoms with Crippen molar-refractivity contribution in [3.63, 3.8) is 0 Å².